The minimum absolute atomic E-state index is 0.0880. The molecule has 80 valence electrons. The number of aryl methyl sites for hydroxylation is 1. The number of nitrogen functional groups attached to an aromatic ring is 1. The Morgan fingerprint density at radius 3 is 2.27 bits per heavy atom. The van der Waals surface area contributed by atoms with Gasteiger partial charge in [-0.15, -0.1) is 0 Å². The number of carbonyl (C=O) groups is 2. The SMILES string of the molecule is Cc1ccc(C(=O)O)c(NN)c1C(=O)O. The lowest BCUT2D eigenvalue weighted by Gasteiger charge is -2.11. The molecule has 6 heteroatoms. The highest BCUT2D eigenvalue weighted by Crippen LogP contribution is 2.23. The van der Waals surface area contributed by atoms with Gasteiger partial charge in [0.25, 0.3) is 0 Å². The van der Waals surface area contributed by atoms with E-state index in [9.17, 15) is 9.59 Å². The first kappa shape index (κ1) is 11.0. The second-order valence-corrected chi connectivity index (χ2v) is 2.93. The topological polar surface area (TPSA) is 113 Å². The molecule has 0 aliphatic rings. The highest BCUT2D eigenvalue weighted by molar-refractivity contribution is 6.04. The van der Waals surface area contributed by atoms with Crippen LogP contribution in [-0.2, 0) is 0 Å². The fraction of sp³-hybridized carbons (Fsp3) is 0.111. The molecule has 0 aromatic heterocycles. The number of nitrogens with two attached hydrogens (primary N) is 1. The number of benzene rings is 1. The molecule has 0 spiro atoms. The lowest BCUT2D eigenvalue weighted by Crippen LogP contribution is -2.17. The smallest absolute Gasteiger partial charge is 0.338 e. The number of hydrazine groups is 1. The van der Waals surface area contributed by atoms with Gasteiger partial charge in [0.05, 0.1) is 16.8 Å². The van der Waals surface area contributed by atoms with Crippen LogP contribution in [0.2, 0.25) is 0 Å². The molecule has 1 rings (SSSR count). The Hall–Kier alpha value is -2.08. The van der Waals surface area contributed by atoms with Gasteiger partial charge in [0, 0.05) is 0 Å². The predicted molar refractivity (Wildman–Crippen MR) is 52.9 cm³/mol. The molecule has 0 atom stereocenters. The molecular formula is C9H10N2O4. The van der Waals surface area contributed by atoms with Crippen LogP contribution in [0.1, 0.15) is 26.3 Å². The largest absolute Gasteiger partial charge is 0.478 e. The van der Waals surface area contributed by atoms with Crippen LogP contribution in [0.15, 0.2) is 12.1 Å². The quantitative estimate of drug-likeness (QED) is 0.431. The molecule has 0 amide bonds. The molecule has 0 fully saturated rings. The van der Waals surface area contributed by atoms with Gasteiger partial charge in [0.1, 0.15) is 0 Å². The van der Waals surface area contributed by atoms with Crippen LogP contribution in [0, 0.1) is 6.92 Å². The summed E-state index contributed by atoms with van der Waals surface area (Å²) in [5.74, 6) is 2.67. The normalized spacial score (nSPS) is 9.73. The second kappa shape index (κ2) is 3.97. The van der Waals surface area contributed by atoms with Crippen LogP contribution >= 0.6 is 0 Å². The van der Waals surface area contributed by atoms with Crippen LogP contribution in [0.3, 0.4) is 0 Å². The second-order valence-electron chi connectivity index (χ2n) is 2.93. The summed E-state index contributed by atoms with van der Waals surface area (Å²) in [6, 6.07) is 2.73. The van der Waals surface area contributed by atoms with Gasteiger partial charge in [0.15, 0.2) is 0 Å². The van der Waals surface area contributed by atoms with Gasteiger partial charge >= 0.3 is 11.9 Å². The Kier molecular flexibility index (Phi) is 2.91. The minimum atomic E-state index is -1.23. The van der Waals surface area contributed by atoms with Crippen LogP contribution in [0.5, 0.6) is 0 Å². The summed E-state index contributed by atoms with van der Waals surface area (Å²) < 4.78 is 0. The summed E-state index contributed by atoms with van der Waals surface area (Å²) in [5.41, 5.74) is 2.17. The summed E-state index contributed by atoms with van der Waals surface area (Å²) in [6.07, 6.45) is 0. The van der Waals surface area contributed by atoms with Gasteiger partial charge in [-0.05, 0) is 18.6 Å². The summed E-state index contributed by atoms with van der Waals surface area (Å²) in [7, 11) is 0. The van der Waals surface area contributed by atoms with Crippen molar-refractivity contribution in [2.24, 2.45) is 5.84 Å². The molecule has 0 unspecified atom stereocenters. The summed E-state index contributed by atoms with van der Waals surface area (Å²) in [6.45, 7) is 1.57. The van der Waals surface area contributed by atoms with Crippen molar-refractivity contribution in [1.29, 1.82) is 0 Å². The van der Waals surface area contributed by atoms with E-state index in [-0.39, 0.29) is 16.8 Å². The third-order valence-electron chi connectivity index (χ3n) is 2.00. The van der Waals surface area contributed by atoms with E-state index in [0.29, 0.717) is 5.56 Å². The molecule has 0 saturated carbocycles. The van der Waals surface area contributed by atoms with E-state index < -0.39 is 11.9 Å². The molecule has 0 aliphatic heterocycles. The average Bonchev–Trinajstić information content (AvgIpc) is 2.15. The van der Waals surface area contributed by atoms with Gasteiger partial charge in [0.2, 0.25) is 0 Å². The Labute approximate surface area is 85.3 Å². The molecule has 6 nitrogen and oxygen atoms in total. The van der Waals surface area contributed by atoms with Gasteiger partial charge in [-0.1, -0.05) is 6.07 Å². The molecule has 0 saturated heterocycles. The highest BCUT2D eigenvalue weighted by Gasteiger charge is 2.19. The molecule has 5 N–H and O–H groups in total. The van der Waals surface area contributed by atoms with Crippen molar-refractivity contribution in [3.63, 3.8) is 0 Å². The molecule has 15 heavy (non-hydrogen) atoms. The molecule has 1 aromatic carbocycles. The maximum Gasteiger partial charge on any atom is 0.338 e. The van der Waals surface area contributed by atoms with E-state index in [1.54, 1.807) is 6.92 Å². The maximum absolute atomic E-state index is 10.9. The zero-order valence-electron chi connectivity index (χ0n) is 7.94. The van der Waals surface area contributed by atoms with E-state index in [2.05, 4.69) is 5.43 Å². The molecule has 1 aromatic rings. The third kappa shape index (κ3) is 1.89. The van der Waals surface area contributed by atoms with E-state index in [0.717, 1.165) is 0 Å². The van der Waals surface area contributed by atoms with Crippen LogP contribution in [0.25, 0.3) is 0 Å². The third-order valence-corrected chi connectivity index (χ3v) is 2.00. The number of hydrogen-bond donors (Lipinski definition) is 4. The van der Waals surface area contributed by atoms with Crippen molar-refractivity contribution in [2.45, 2.75) is 6.92 Å². The van der Waals surface area contributed by atoms with Gasteiger partial charge in [-0.2, -0.15) is 0 Å². The lowest BCUT2D eigenvalue weighted by molar-refractivity contribution is 0.0695. The molecule has 0 heterocycles. The van der Waals surface area contributed by atoms with Crippen LogP contribution in [0.4, 0.5) is 5.69 Å². The van der Waals surface area contributed by atoms with E-state index in [4.69, 9.17) is 16.1 Å². The van der Waals surface area contributed by atoms with Crippen molar-refractivity contribution in [2.75, 3.05) is 5.43 Å². The number of nitrogens with one attached hydrogen (secondary N) is 1. The van der Waals surface area contributed by atoms with Crippen molar-refractivity contribution in [1.82, 2.24) is 0 Å². The molecular weight excluding hydrogens is 200 g/mol. The lowest BCUT2D eigenvalue weighted by atomic mass is 10.0. The molecule has 0 bridgehead atoms. The van der Waals surface area contributed by atoms with Gasteiger partial charge < -0.3 is 15.6 Å². The van der Waals surface area contributed by atoms with E-state index in [1.807, 2.05) is 0 Å². The fourth-order valence-corrected chi connectivity index (χ4v) is 1.31. The number of rotatable bonds is 3. The average molecular weight is 210 g/mol. The van der Waals surface area contributed by atoms with Crippen LogP contribution < -0.4 is 11.3 Å². The Balaban J connectivity index is 3.54. The Morgan fingerprint density at radius 2 is 1.87 bits per heavy atom. The fourth-order valence-electron chi connectivity index (χ4n) is 1.31. The molecule has 0 radical (unpaired) electrons. The number of aromatic carboxylic acids is 2. The summed E-state index contributed by atoms with van der Waals surface area (Å²) in [4.78, 5) is 21.7. The minimum Gasteiger partial charge on any atom is -0.478 e. The number of anilines is 1. The number of carboxylic acid groups (broad SMARTS) is 2. The summed E-state index contributed by atoms with van der Waals surface area (Å²) in [5, 5.41) is 17.7. The first-order valence-corrected chi connectivity index (χ1v) is 4.05. The Bertz CT molecular complexity index is 428. The first-order valence-electron chi connectivity index (χ1n) is 4.05. The zero-order chi connectivity index (χ0) is 11.6. The van der Waals surface area contributed by atoms with E-state index in [1.165, 1.54) is 12.1 Å². The van der Waals surface area contributed by atoms with Crippen molar-refractivity contribution < 1.29 is 19.8 Å². The van der Waals surface area contributed by atoms with Crippen molar-refractivity contribution in [3.8, 4) is 0 Å². The van der Waals surface area contributed by atoms with Gasteiger partial charge in [-0.25, -0.2) is 9.59 Å². The van der Waals surface area contributed by atoms with Gasteiger partial charge in [-0.3, -0.25) is 5.84 Å². The van der Waals surface area contributed by atoms with Crippen molar-refractivity contribution in [3.05, 3.63) is 28.8 Å². The Morgan fingerprint density at radius 1 is 1.27 bits per heavy atom. The standard InChI is InChI=1S/C9H10N2O4/c1-4-2-3-5(8(12)13)7(11-10)6(4)9(14)15/h2-3,11H,10H2,1H3,(H,12,13)(H,14,15). The number of hydrogen-bond acceptors (Lipinski definition) is 4. The van der Waals surface area contributed by atoms with Crippen molar-refractivity contribution >= 4 is 17.6 Å². The van der Waals surface area contributed by atoms with Crippen LogP contribution in [-0.4, -0.2) is 22.2 Å². The first-order chi connectivity index (χ1) is 6.99. The number of carboxylic acids is 2. The van der Waals surface area contributed by atoms with E-state index >= 15 is 0 Å². The predicted octanol–water partition coefficient (Wildman–Crippen LogP) is 0.677. The maximum atomic E-state index is 10.9. The molecule has 0 aliphatic carbocycles. The zero-order valence-corrected chi connectivity index (χ0v) is 7.94. The highest BCUT2D eigenvalue weighted by atomic mass is 16.4. The monoisotopic (exact) mass is 210 g/mol. The summed E-state index contributed by atoms with van der Waals surface area (Å²) >= 11 is 0.